The summed E-state index contributed by atoms with van der Waals surface area (Å²) in [6.07, 6.45) is 1.48. The quantitative estimate of drug-likeness (QED) is 0.490. The number of amides is 2. The summed E-state index contributed by atoms with van der Waals surface area (Å²) in [6.45, 7) is 9.22. The molecule has 4 rings (SSSR count). The fraction of sp³-hybridized carbons (Fsp3) is 0.333. The number of ether oxygens (including phenoxy) is 1. The Morgan fingerprint density at radius 3 is 2.74 bits per heavy atom. The Bertz CT molecular complexity index is 1100. The molecule has 31 heavy (non-hydrogen) atoms. The summed E-state index contributed by atoms with van der Waals surface area (Å²) in [4.78, 5) is 20.8. The van der Waals surface area contributed by atoms with Gasteiger partial charge in [0.05, 0.1) is 6.54 Å². The van der Waals surface area contributed by atoms with E-state index >= 15 is 0 Å². The van der Waals surface area contributed by atoms with Crippen molar-refractivity contribution in [2.24, 2.45) is 0 Å². The van der Waals surface area contributed by atoms with E-state index in [4.69, 9.17) is 9.26 Å². The van der Waals surface area contributed by atoms with E-state index in [1.807, 2.05) is 39.8 Å². The van der Waals surface area contributed by atoms with Crippen LogP contribution in [0.5, 0.6) is 5.75 Å². The highest BCUT2D eigenvalue weighted by Gasteiger charge is 2.20. The third-order valence-corrected chi connectivity index (χ3v) is 4.67. The van der Waals surface area contributed by atoms with Crippen LogP contribution in [-0.4, -0.2) is 34.3 Å². The molecule has 0 radical (unpaired) electrons. The molecular formula is C21H25N7O3. The number of nitrogens with zero attached hydrogens (tertiary/aromatic N) is 3. The van der Waals surface area contributed by atoms with Crippen molar-refractivity contribution < 1.29 is 14.1 Å². The second kappa shape index (κ2) is 8.13. The minimum absolute atomic E-state index is 0.187. The number of urea groups is 1. The molecule has 0 aliphatic carbocycles. The first-order valence-electron chi connectivity index (χ1n) is 9.94. The number of benzene rings is 1. The zero-order valence-corrected chi connectivity index (χ0v) is 17.9. The third kappa shape index (κ3) is 4.68. The van der Waals surface area contributed by atoms with Gasteiger partial charge < -0.3 is 25.2 Å². The van der Waals surface area contributed by atoms with E-state index in [0.717, 1.165) is 11.3 Å². The molecule has 0 fully saturated rings. The van der Waals surface area contributed by atoms with Crippen LogP contribution in [0.3, 0.4) is 0 Å². The second-order valence-corrected chi connectivity index (χ2v) is 8.24. The Kier molecular flexibility index (Phi) is 5.37. The van der Waals surface area contributed by atoms with Gasteiger partial charge in [0, 0.05) is 22.9 Å². The zero-order chi connectivity index (χ0) is 22.0. The van der Waals surface area contributed by atoms with Gasteiger partial charge >= 0.3 is 6.03 Å². The summed E-state index contributed by atoms with van der Waals surface area (Å²) >= 11 is 0. The number of nitrogens with one attached hydrogen (secondary N) is 4. The van der Waals surface area contributed by atoms with Crippen molar-refractivity contribution in [1.82, 2.24) is 15.1 Å². The van der Waals surface area contributed by atoms with Crippen LogP contribution < -0.4 is 26.0 Å². The molecule has 0 atom stereocenters. The molecule has 3 aromatic rings. The highest BCUT2D eigenvalue weighted by Crippen LogP contribution is 2.34. The molecule has 0 unspecified atom stereocenters. The van der Waals surface area contributed by atoms with Crippen LogP contribution in [0.2, 0.25) is 0 Å². The first-order chi connectivity index (χ1) is 14.8. The maximum Gasteiger partial charge on any atom is 0.324 e. The van der Waals surface area contributed by atoms with Gasteiger partial charge in [-0.3, -0.25) is 5.32 Å². The first-order valence-corrected chi connectivity index (χ1v) is 9.94. The molecule has 2 amide bonds. The fourth-order valence-electron chi connectivity index (χ4n) is 3.02. The molecule has 0 bridgehead atoms. The SMILES string of the molecule is Cc1cc(NC(=O)Nc2cc(C(C)(C)C)on2)ccc1Nc1ncnc2c1OCCN2. The molecule has 1 aliphatic rings. The van der Waals surface area contributed by atoms with E-state index in [1.165, 1.54) is 6.33 Å². The van der Waals surface area contributed by atoms with Crippen molar-refractivity contribution in [1.29, 1.82) is 0 Å². The molecule has 4 N–H and O–H groups in total. The van der Waals surface area contributed by atoms with Crippen molar-refractivity contribution in [2.75, 3.05) is 34.4 Å². The van der Waals surface area contributed by atoms with Crippen LogP contribution in [-0.2, 0) is 5.41 Å². The monoisotopic (exact) mass is 423 g/mol. The smallest absolute Gasteiger partial charge is 0.324 e. The molecule has 3 heterocycles. The maximum atomic E-state index is 12.3. The standard InChI is InChI=1S/C21H25N7O3/c1-12-9-13(25-20(29)27-16-10-15(31-28-16)21(2,3)4)5-6-14(12)26-19-17-18(23-11-24-19)22-7-8-30-17/h5-6,9-11H,7-8H2,1-4H3,(H2,22,23,24,26)(H2,25,27,28,29). The predicted molar refractivity (Wildman–Crippen MR) is 118 cm³/mol. The van der Waals surface area contributed by atoms with Crippen LogP contribution in [0.1, 0.15) is 32.1 Å². The van der Waals surface area contributed by atoms with E-state index in [0.29, 0.717) is 47.8 Å². The second-order valence-electron chi connectivity index (χ2n) is 8.24. The Morgan fingerprint density at radius 1 is 1.16 bits per heavy atom. The van der Waals surface area contributed by atoms with Gasteiger partial charge in [-0.1, -0.05) is 25.9 Å². The van der Waals surface area contributed by atoms with Crippen molar-refractivity contribution in [3.8, 4) is 5.75 Å². The number of rotatable bonds is 4. The largest absolute Gasteiger partial charge is 0.485 e. The van der Waals surface area contributed by atoms with Gasteiger partial charge in [-0.05, 0) is 30.7 Å². The fourth-order valence-corrected chi connectivity index (χ4v) is 3.02. The number of carbonyl (C=O) groups excluding carboxylic acids is 1. The first kappa shape index (κ1) is 20.5. The highest BCUT2D eigenvalue weighted by molar-refractivity contribution is 5.99. The molecule has 0 saturated heterocycles. The lowest BCUT2D eigenvalue weighted by molar-refractivity contribution is 0.262. The van der Waals surface area contributed by atoms with Gasteiger partial charge in [0.2, 0.25) is 5.75 Å². The van der Waals surface area contributed by atoms with Crippen LogP contribution in [0.25, 0.3) is 0 Å². The Morgan fingerprint density at radius 2 is 2.00 bits per heavy atom. The molecule has 1 aromatic carbocycles. The number of aromatic nitrogens is 3. The van der Waals surface area contributed by atoms with Crippen molar-refractivity contribution in [3.63, 3.8) is 0 Å². The van der Waals surface area contributed by atoms with Gasteiger partial charge in [-0.15, -0.1) is 0 Å². The van der Waals surface area contributed by atoms with Crippen molar-refractivity contribution >= 4 is 34.9 Å². The summed E-state index contributed by atoms with van der Waals surface area (Å²) in [5, 5.41) is 15.8. The minimum atomic E-state index is -0.404. The molecule has 0 spiro atoms. The van der Waals surface area contributed by atoms with E-state index < -0.39 is 6.03 Å². The number of anilines is 5. The lowest BCUT2D eigenvalue weighted by Gasteiger charge is -2.20. The lowest BCUT2D eigenvalue weighted by Crippen LogP contribution is -2.20. The number of fused-ring (bicyclic) bond motifs is 1. The van der Waals surface area contributed by atoms with E-state index in [2.05, 4.69) is 36.4 Å². The Hall–Kier alpha value is -3.82. The van der Waals surface area contributed by atoms with Crippen molar-refractivity contribution in [3.05, 3.63) is 41.9 Å². The molecule has 10 nitrogen and oxygen atoms in total. The summed E-state index contributed by atoms with van der Waals surface area (Å²) in [5.74, 6) is 2.90. The van der Waals surface area contributed by atoms with Crippen LogP contribution in [0.15, 0.2) is 35.1 Å². The van der Waals surface area contributed by atoms with Gasteiger partial charge in [-0.2, -0.15) is 0 Å². The highest BCUT2D eigenvalue weighted by atomic mass is 16.5. The number of hydrogen-bond donors (Lipinski definition) is 4. The summed E-state index contributed by atoms with van der Waals surface area (Å²) < 4.78 is 11.0. The lowest BCUT2D eigenvalue weighted by atomic mass is 9.93. The maximum absolute atomic E-state index is 12.3. The molecule has 0 saturated carbocycles. The number of carbonyl (C=O) groups is 1. The molecule has 2 aromatic heterocycles. The molecule has 10 heteroatoms. The number of hydrogen-bond acceptors (Lipinski definition) is 8. The molecular weight excluding hydrogens is 398 g/mol. The van der Waals surface area contributed by atoms with Gasteiger partial charge in [0.25, 0.3) is 0 Å². The van der Waals surface area contributed by atoms with E-state index in [9.17, 15) is 4.79 Å². The Balaban J connectivity index is 1.42. The normalized spacial score (nSPS) is 12.9. The third-order valence-electron chi connectivity index (χ3n) is 4.67. The van der Waals surface area contributed by atoms with Crippen molar-refractivity contribution in [2.45, 2.75) is 33.1 Å². The topological polar surface area (TPSA) is 126 Å². The average Bonchev–Trinajstić information content (AvgIpc) is 3.19. The Labute approximate surface area is 179 Å². The summed E-state index contributed by atoms with van der Waals surface area (Å²) in [6, 6.07) is 6.84. The predicted octanol–water partition coefficient (Wildman–Crippen LogP) is 4.26. The van der Waals surface area contributed by atoms with Gasteiger partial charge in [0.15, 0.2) is 17.5 Å². The van der Waals surface area contributed by atoms with Gasteiger partial charge in [-0.25, -0.2) is 14.8 Å². The van der Waals surface area contributed by atoms with Crippen LogP contribution in [0.4, 0.5) is 33.6 Å². The van der Waals surface area contributed by atoms with Crippen LogP contribution >= 0.6 is 0 Å². The zero-order valence-electron chi connectivity index (χ0n) is 17.9. The van der Waals surface area contributed by atoms with Crippen LogP contribution in [0, 0.1) is 6.92 Å². The minimum Gasteiger partial charge on any atom is -0.485 e. The van der Waals surface area contributed by atoms with E-state index in [-0.39, 0.29) is 5.41 Å². The number of aryl methyl sites for hydroxylation is 1. The molecule has 162 valence electrons. The van der Waals surface area contributed by atoms with Gasteiger partial charge in [0.1, 0.15) is 18.7 Å². The summed E-state index contributed by atoms with van der Waals surface area (Å²) in [5.41, 5.74) is 2.22. The molecule has 1 aliphatic heterocycles. The average molecular weight is 423 g/mol. The summed E-state index contributed by atoms with van der Waals surface area (Å²) in [7, 11) is 0. The van der Waals surface area contributed by atoms with E-state index in [1.54, 1.807) is 12.1 Å².